The van der Waals surface area contributed by atoms with E-state index >= 15 is 0 Å². The molecular weight excluding hydrogens is 352 g/mol. The average molecular weight is 363 g/mol. The summed E-state index contributed by atoms with van der Waals surface area (Å²) < 4.78 is 0. The third kappa shape index (κ3) is 4.82. The summed E-state index contributed by atoms with van der Waals surface area (Å²) in [7, 11) is 0. The number of hydrogen-bond donors (Lipinski definition) is 1. The fourth-order valence-electron chi connectivity index (χ4n) is 1.95. The molecule has 0 atom stereocenters. The molecule has 128 valence electrons. The van der Waals surface area contributed by atoms with Gasteiger partial charge in [0.15, 0.2) is 0 Å². The van der Waals surface area contributed by atoms with Gasteiger partial charge in [-0.3, -0.25) is 25.0 Å². The number of non-ortho nitro benzene ring substituents is 1. The fraction of sp³-hybridized carbons (Fsp3) is 0.0667. The van der Waals surface area contributed by atoms with Crippen LogP contribution in [-0.2, 0) is 11.2 Å². The second-order valence-electron chi connectivity index (χ2n) is 4.82. The van der Waals surface area contributed by atoms with Crippen molar-refractivity contribution in [3.8, 4) is 0 Å². The lowest BCUT2D eigenvalue weighted by molar-refractivity contribution is -0.394. The zero-order valence-corrected chi connectivity index (χ0v) is 13.3. The summed E-state index contributed by atoms with van der Waals surface area (Å²) in [6.45, 7) is 0. The Hall–Kier alpha value is -3.33. The van der Waals surface area contributed by atoms with E-state index in [2.05, 4.69) is 10.5 Å². The highest BCUT2D eigenvalue weighted by Gasteiger charge is 2.20. The van der Waals surface area contributed by atoms with E-state index < -0.39 is 27.1 Å². The second kappa shape index (κ2) is 7.97. The molecule has 0 unspecified atom stereocenters. The van der Waals surface area contributed by atoms with Gasteiger partial charge in [-0.05, 0) is 12.1 Å². The molecule has 0 aliphatic carbocycles. The van der Waals surface area contributed by atoms with Crippen molar-refractivity contribution in [2.45, 2.75) is 6.42 Å². The number of rotatable bonds is 6. The summed E-state index contributed by atoms with van der Waals surface area (Å²) in [5.74, 6) is -0.611. The van der Waals surface area contributed by atoms with E-state index in [-0.39, 0.29) is 12.0 Å². The van der Waals surface area contributed by atoms with Crippen LogP contribution in [0, 0.1) is 20.2 Å². The van der Waals surface area contributed by atoms with Crippen molar-refractivity contribution < 1.29 is 14.6 Å². The van der Waals surface area contributed by atoms with Crippen molar-refractivity contribution in [2.75, 3.05) is 0 Å². The number of hydrogen-bond acceptors (Lipinski definition) is 6. The highest BCUT2D eigenvalue weighted by Crippen LogP contribution is 2.25. The summed E-state index contributed by atoms with van der Waals surface area (Å²) in [5.41, 5.74) is 1.93. The van der Waals surface area contributed by atoms with E-state index in [1.54, 1.807) is 24.3 Å². The van der Waals surface area contributed by atoms with Crippen molar-refractivity contribution in [3.05, 3.63) is 78.8 Å². The number of nitrogens with one attached hydrogen (secondary N) is 1. The monoisotopic (exact) mass is 362 g/mol. The van der Waals surface area contributed by atoms with E-state index in [9.17, 15) is 25.0 Å². The molecule has 2 aromatic rings. The molecule has 10 heteroatoms. The predicted octanol–water partition coefficient (Wildman–Crippen LogP) is 2.85. The Bertz CT molecular complexity index is 869. The third-order valence-electron chi connectivity index (χ3n) is 3.13. The smallest absolute Gasteiger partial charge is 0.273 e. The van der Waals surface area contributed by atoms with Gasteiger partial charge in [-0.1, -0.05) is 29.8 Å². The first kappa shape index (κ1) is 18.0. The molecule has 9 nitrogen and oxygen atoms in total. The molecule has 0 saturated carbocycles. The fourth-order valence-corrected chi connectivity index (χ4v) is 2.14. The Morgan fingerprint density at radius 3 is 2.52 bits per heavy atom. The number of carbonyl (C=O) groups excluding carboxylic acids is 1. The molecule has 1 amide bonds. The minimum atomic E-state index is -0.775. The van der Waals surface area contributed by atoms with Gasteiger partial charge < -0.3 is 0 Å². The van der Waals surface area contributed by atoms with Gasteiger partial charge in [-0.25, -0.2) is 5.43 Å². The summed E-state index contributed by atoms with van der Waals surface area (Å²) in [5, 5.41) is 25.9. The van der Waals surface area contributed by atoms with Gasteiger partial charge in [0.05, 0.1) is 28.5 Å². The second-order valence-corrected chi connectivity index (χ2v) is 5.23. The topological polar surface area (TPSA) is 128 Å². The molecule has 0 heterocycles. The van der Waals surface area contributed by atoms with Crippen LogP contribution in [0.15, 0.2) is 47.6 Å². The molecule has 0 aliphatic heterocycles. The van der Waals surface area contributed by atoms with Gasteiger partial charge in [0, 0.05) is 22.2 Å². The van der Waals surface area contributed by atoms with Crippen LogP contribution in [-0.4, -0.2) is 22.0 Å². The number of benzene rings is 2. The van der Waals surface area contributed by atoms with Gasteiger partial charge in [0.25, 0.3) is 11.4 Å². The lowest BCUT2D eigenvalue weighted by atomic mass is 10.1. The maximum Gasteiger partial charge on any atom is 0.279 e. The Labute approximate surface area is 146 Å². The van der Waals surface area contributed by atoms with Gasteiger partial charge in [0.1, 0.15) is 0 Å². The number of halogens is 1. The van der Waals surface area contributed by atoms with Crippen LogP contribution in [0.25, 0.3) is 0 Å². The van der Waals surface area contributed by atoms with Crippen LogP contribution in [0.3, 0.4) is 0 Å². The molecule has 2 aromatic carbocycles. The van der Waals surface area contributed by atoms with Gasteiger partial charge in [-0.2, -0.15) is 5.10 Å². The largest absolute Gasteiger partial charge is 0.279 e. The Kier molecular flexibility index (Phi) is 5.75. The van der Waals surface area contributed by atoms with E-state index in [1.165, 1.54) is 12.3 Å². The Balaban J connectivity index is 2.09. The summed E-state index contributed by atoms with van der Waals surface area (Å²) in [4.78, 5) is 32.1. The highest BCUT2D eigenvalue weighted by atomic mass is 35.5. The summed E-state index contributed by atoms with van der Waals surface area (Å²) in [6, 6.07) is 9.93. The van der Waals surface area contributed by atoms with Crippen LogP contribution in [0.5, 0.6) is 0 Å². The van der Waals surface area contributed by atoms with E-state index in [0.717, 1.165) is 12.1 Å². The summed E-state index contributed by atoms with van der Waals surface area (Å²) in [6.07, 6.45) is 0.985. The molecule has 0 aliphatic rings. The van der Waals surface area contributed by atoms with Crippen molar-refractivity contribution >= 4 is 35.1 Å². The third-order valence-corrected chi connectivity index (χ3v) is 3.47. The number of hydrazone groups is 1. The van der Waals surface area contributed by atoms with E-state index in [0.29, 0.717) is 10.6 Å². The first-order valence-electron chi connectivity index (χ1n) is 6.86. The van der Waals surface area contributed by atoms with Crippen LogP contribution < -0.4 is 5.43 Å². The molecule has 1 N–H and O–H groups in total. The molecule has 2 rings (SSSR count). The Morgan fingerprint density at radius 1 is 1.16 bits per heavy atom. The zero-order valence-electron chi connectivity index (χ0n) is 12.6. The minimum Gasteiger partial charge on any atom is -0.273 e. The first-order chi connectivity index (χ1) is 11.9. The van der Waals surface area contributed by atoms with Gasteiger partial charge >= 0.3 is 0 Å². The van der Waals surface area contributed by atoms with Gasteiger partial charge in [-0.15, -0.1) is 0 Å². The number of nitro benzene ring substituents is 2. The zero-order chi connectivity index (χ0) is 18.4. The van der Waals surface area contributed by atoms with Crippen LogP contribution in [0.4, 0.5) is 11.4 Å². The maximum absolute atomic E-state index is 11.9. The summed E-state index contributed by atoms with van der Waals surface area (Å²) >= 11 is 5.93. The van der Waals surface area contributed by atoms with Crippen LogP contribution >= 0.6 is 11.6 Å². The average Bonchev–Trinajstić information content (AvgIpc) is 2.56. The highest BCUT2D eigenvalue weighted by molar-refractivity contribution is 6.33. The van der Waals surface area contributed by atoms with Gasteiger partial charge in [0.2, 0.25) is 5.91 Å². The van der Waals surface area contributed by atoms with Crippen molar-refractivity contribution in [1.29, 1.82) is 0 Å². The first-order valence-corrected chi connectivity index (χ1v) is 7.24. The quantitative estimate of drug-likeness (QED) is 0.480. The molecular formula is C15H11ClN4O5. The molecule has 25 heavy (non-hydrogen) atoms. The molecule has 0 bridgehead atoms. The van der Waals surface area contributed by atoms with Crippen LogP contribution in [0.2, 0.25) is 5.02 Å². The Morgan fingerprint density at radius 2 is 1.88 bits per heavy atom. The molecule has 0 saturated heterocycles. The SMILES string of the molecule is O=C(Cc1ccc([N+](=O)[O-])cc1[N+](=O)[O-])N/N=C\c1ccccc1Cl. The van der Waals surface area contributed by atoms with Crippen LogP contribution in [0.1, 0.15) is 11.1 Å². The molecule has 0 radical (unpaired) electrons. The van der Waals surface area contributed by atoms with E-state index in [1.807, 2.05) is 0 Å². The number of nitrogens with zero attached hydrogens (tertiary/aromatic N) is 3. The maximum atomic E-state index is 11.9. The number of nitro groups is 2. The number of carbonyl (C=O) groups is 1. The lowest BCUT2D eigenvalue weighted by Crippen LogP contribution is -2.20. The molecule has 0 spiro atoms. The minimum absolute atomic E-state index is 0.0426. The number of amides is 1. The lowest BCUT2D eigenvalue weighted by Gasteiger charge is -2.02. The normalized spacial score (nSPS) is 10.6. The van der Waals surface area contributed by atoms with Crippen molar-refractivity contribution in [2.24, 2.45) is 5.10 Å². The van der Waals surface area contributed by atoms with Crippen molar-refractivity contribution in [3.63, 3.8) is 0 Å². The standard InChI is InChI=1S/C15H11ClN4O5/c16-13-4-2-1-3-11(13)9-17-18-15(21)7-10-5-6-12(19(22)23)8-14(10)20(24)25/h1-6,8-9H,7H2,(H,18,21)/b17-9-. The van der Waals surface area contributed by atoms with Crippen molar-refractivity contribution in [1.82, 2.24) is 5.43 Å². The molecule has 0 aromatic heterocycles. The molecule has 0 fully saturated rings. The van der Waals surface area contributed by atoms with E-state index in [4.69, 9.17) is 11.6 Å². The predicted molar refractivity (Wildman–Crippen MR) is 90.6 cm³/mol.